The number of nitrogens with one attached hydrogen (secondary N) is 1. The fraction of sp³-hybridized carbons (Fsp3) is 0.562. The van der Waals surface area contributed by atoms with Crippen LogP contribution in [0.25, 0.3) is 0 Å². The van der Waals surface area contributed by atoms with Crippen LogP contribution in [0.1, 0.15) is 40.5 Å². The van der Waals surface area contributed by atoms with Gasteiger partial charge in [0.2, 0.25) is 5.91 Å². The Bertz CT molecular complexity index is 550. The summed E-state index contributed by atoms with van der Waals surface area (Å²) in [5.41, 5.74) is 0.898. The van der Waals surface area contributed by atoms with Gasteiger partial charge >= 0.3 is 7.12 Å². The predicted molar refractivity (Wildman–Crippen MR) is 83.5 cm³/mol. The molecular weight excluding hydrogens is 265 g/mol. The molecule has 21 heavy (non-hydrogen) atoms. The molecule has 3 rings (SSSR count). The summed E-state index contributed by atoms with van der Waals surface area (Å²) in [5, 5.41) is 3.01. The molecule has 1 saturated heterocycles. The lowest BCUT2D eigenvalue weighted by atomic mass is 9.78. The Labute approximate surface area is 126 Å². The van der Waals surface area contributed by atoms with Crippen molar-refractivity contribution in [2.45, 2.75) is 51.7 Å². The van der Waals surface area contributed by atoms with E-state index in [0.29, 0.717) is 0 Å². The smallest absolute Gasteiger partial charge is 0.399 e. The molecule has 0 aromatic heterocycles. The first-order valence-corrected chi connectivity index (χ1v) is 7.55. The van der Waals surface area contributed by atoms with Crippen molar-refractivity contribution in [3.8, 4) is 0 Å². The van der Waals surface area contributed by atoms with Crippen LogP contribution < -0.4 is 10.8 Å². The molecule has 1 aromatic rings. The Hall–Kier alpha value is -1.33. The van der Waals surface area contributed by atoms with Crippen LogP contribution in [-0.4, -0.2) is 24.2 Å². The summed E-state index contributed by atoms with van der Waals surface area (Å²) < 4.78 is 12.1. The van der Waals surface area contributed by atoms with Gasteiger partial charge in [0.25, 0.3) is 0 Å². The molecule has 1 aromatic carbocycles. The van der Waals surface area contributed by atoms with Gasteiger partial charge in [-0.15, -0.1) is 0 Å². The minimum Gasteiger partial charge on any atom is -0.399 e. The van der Waals surface area contributed by atoms with Crippen molar-refractivity contribution in [3.05, 3.63) is 24.3 Å². The number of para-hydroxylation sites is 1. The van der Waals surface area contributed by atoms with Crippen LogP contribution in [0.15, 0.2) is 24.3 Å². The van der Waals surface area contributed by atoms with E-state index < -0.39 is 7.12 Å². The van der Waals surface area contributed by atoms with Crippen LogP contribution in [0.5, 0.6) is 0 Å². The Morgan fingerprint density at radius 2 is 1.71 bits per heavy atom. The van der Waals surface area contributed by atoms with E-state index in [1.54, 1.807) is 0 Å². The van der Waals surface area contributed by atoms with Gasteiger partial charge in [-0.25, -0.2) is 0 Å². The number of rotatable bonds is 3. The van der Waals surface area contributed by atoms with Crippen molar-refractivity contribution >= 4 is 24.2 Å². The first-order valence-electron chi connectivity index (χ1n) is 7.55. The second kappa shape index (κ2) is 4.85. The van der Waals surface area contributed by atoms with Crippen LogP contribution >= 0.6 is 0 Å². The summed E-state index contributed by atoms with van der Waals surface area (Å²) in [6.07, 6.45) is 1.98. The van der Waals surface area contributed by atoms with Crippen molar-refractivity contribution in [2.75, 3.05) is 5.32 Å². The van der Waals surface area contributed by atoms with Crippen molar-refractivity contribution in [2.24, 2.45) is 5.92 Å². The number of carbonyl (C=O) groups is 1. The highest BCUT2D eigenvalue weighted by atomic mass is 16.7. The van der Waals surface area contributed by atoms with Crippen molar-refractivity contribution in [3.63, 3.8) is 0 Å². The monoisotopic (exact) mass is 287 g/mol. The van der Waals surface area contributed by atoms with Crippen LogP contribution in [-0.2, 0) is 14.1 Å². The number of hydrogen-bond donors (Lipinski definition) is 1. The van der Waals surface area contributed by atoms with Crippen LogP contribution in [0.4, 0.5) is 5.69 Å². The summed E-state index contributed by atoms with van der Waals surface area (Å²) in [6, 6.07) is 7.70. The molecule has 5 heteroatoms. The average molecular weight is 287 g/mol. The van der Waals surface area contributed by atoms with Crippen LogP contribution in [0.3, 0.4) is 0 Å². The maximum absolute atomic E-state index is 12.0. The molecular formula is C16H22BNO3. The van der Waals surface area contributed by atoms with E-state index >= 15 is 0 Å². The molecule has 112 valence electrons. The second-order valence-electron chi connectivity index (χ2n) is 6.94. The highest BCUT2D eigenvalue weighted by Gasteiger charge is 2.52. The minimum absolute atomic E-state index is 0.0963. The summed E-state index contributed by atoms with van der Waals surface area (Å²) in [4.78, 5) is 12.0. The molecule has 0 bridgehead atoms. The molecule has 2 aliphatic rings. The maximum atomic E-state index is 12.0. The Morgan fingerprint density at radius 3 is 2.29 bits per heavy atom. The molecule has 1 heterocycles. The van der Waals surface area contributed by atoms with E-state index in [4.69, 9.17) is 9.31 Å². The van der Waals surface area contributed by atoms with E-state index in [1.165, 1.54) is 0 Å². The molecule has 1 N–H and O–H groups in total. The van der Waals surface area contributed by atoms with Gasteiger partial charge < -0.3 is 14.6 Å². The zero-order valence-corrected chi connectivity index (χ0v) is 13.1. The zero-order valence-electron chi connectivity index (χ0n) is 13.1. The van der Waals surface area contributed by atoms with E-state index in [0.717, 1.165) is 24.0 Å². The quantitative estimate of drug-likeness (QED) is 0.868. The van der Waals surface area contributed by atoms with E-state index in [-0.39, 0.29) is 23.0 Å². The van der Waals surface area contributed by atoms with Crippen LogP contribution in [0, 0.1) is 5.92 Å². The lowest BCUT2D eigenvalue weighted by Crippen LogP contribution is -2.41. The third kappa shape index (κ3) is 2.72. The highest BCUT2D eigenvalue weighted by molar-refractivity contribution is 6.64. The van der Waals surface area contributed by atoms with E-state index in [9.17, 15) is 4.79 Å². The van der Waals surface area contributed by atoms with Gasteiger partial charge in [-0.2, -0.15) is 0 Å². The molecule has 4 nitrogen and oxygen atoms in total. The Morgan fingerprint density at radius 1 is 1.14 bits per heavy atom. The Kier molecular flexibility index (Phi) is 3.37. The Balaban J connectivity index is 1.84. The summed E-state index contributed by atoms with van der Waals surface area (Å²) in [5.74, 6) is 0.273. The topological polar surface area (TPSA) is 47.6 Å². The predicted octanol–water partition coefficient (Wildman–Crippen LogP) is 2.33. The molecule has 0 radical (unpaired) electrons. The molecule has 1 aliphatic heterocycles. The van der Waals surface area contributed by atoms with Gasteiger partial charge in [-0.1, -0.05) is 18.2 Å². The lowest BCUT2D eigenvalue weighted by Gasteiger charge is -2.32. The maximum Gasteiger partial charge on any atom is 0.496 e. The van der Waals surface area contributed by atoms with E-state index in [2.05, 4.69) is 5.32 Å². The standard InChI is InChI=1S/C16H22BNO3/c1-15(2)16(3,4)21-17(20-15)12-7-5-6-8-13(12)18-14(19)11-9-10-11/h5-8,11H,9-10H2,1-4H3,(H,18,19). The first kappa shape index (κ1) is 14.6. The van der Waals surface area contributed by atoms with Crippen molar-refractivity contribution < 1.29 is 14.1 Å². The van der Waals surface area contributed by atoms with Gasteiger partial charge in [0, 0.05) is 17.1 Å². The zero-order chi connectivity index (χ0) is 15.3. The average Bonchev–Trinajstić information content (AvgIpc) is 3.19. The van der Waals surface area contributed by atoms with Crippen molar-refractivity contribution in [1.29, 1.82) is 0 Å². The minimum atomic E-state index is -0.453. The number of amides is 1. The molecule has 0 atom stereocenters. The van der Waals surface area contributed by atoms with Gasteiger partial charge in [-0.05, 0) is 46.6 Å². The van der Waals surface area contributed by atoms with Gasteiger partial charge in [0.15, 0.2) is 0 Å². The third-order valence-electron chi connectivity index (χ3n) is 4.67. The summed E-state index contributed by atoms with van der Waals surface area (Å²) in [7, 11) is -0.453. The molecule has 1 saturated carbocycles. The second-order valence-corrected chi connectivity index (χ2v) is 6.94. The van der Waals surface area contributed by atoms with Crippen molar-refractivity contribution in [1.82, 2.24) is 0 Å². The largest absolute Gasteiger partial charge is 0.496 e. The SMILES string of the molecule is CC1(C)OB(c2ccccc2NC(=O)C2CC2)OC1(C)C. The summed E-state index contributed by atoms with van der Waals surface area (Å²) >= 11 is 0. The number of hydrogen-bond acceptors (Lipinski definition) is 3. The number of anilines is 1. The molecule has 1 amide bonds. The van der Waals surface area contributed by atoms with Gasteiger partial charge in [0.05, 0.1) is 11.2 Å². The third-order valence-corrected chi connectivity index (χ3v) is 4.67. The fourth-order valence-corrected chi connectivity index (χ4v) is 2.37. The lowest BCUT2D eigenvalue weighted by molar-refractivity contribution is -0.117. The van der Waals surface area contributed by atoms with Gasteiger partial charge in [0.1, 0.15) is 0 Å². The van der Waals surface area contributed by atoms with Gasteiger partial charge in [-0.3, -0.25) is 4.79 Å². The normalized spacial score (nSPS) is 23.1. The molecule has 2 fully saturated rings. The van der Waals surface area contributed by atoms with E-state index in [1.807, 2.05) is 52.0 Å². The van der Waals surface area contributed by atoms with Crippen LogP contribution in [0.2, 0.25) is 0 Å². The highest BCUT2D eigenvalue weighted by Crippen LogP contribution is 2.37. The number of carbonyl (C=O) groups excluding carboxylic acids is 1. The molecule has 0 unspecified atom stereocenters. The number of benzene rings is 1. The fourth-order valence-electron chi connectivity index (χ4n) is 2.37. The molecule has 1 aliphatic carbocycles. The molecule has 0 spiro atoms. The first-order chi connectivity index (χ1) is 9.80. The summed E-state index contributed by atoms with van der Waals surface area (Å²) in [6.45, 7) is 8.10.